The SMILES string of the molecule is C=C(C)[C@@H]1CC[C@]2(COC(=O)CCCCCCCCCC)CC[C@]3(C)[C@H](CC[C@@H]4[C@@]5(C)CC[C@H](O)C(C)(C)[C@@H]5CC[C@]43C)[C@@H]12. The van der Waals surface area contributed by atoms with Crippen molar-refractivity contribution in [3.63, 3.8) is 0 Å². The lowest BCUT2D eigenvalue weighted by Gasteiger charge is -2.73. The van der Waals surface area contributed by atoms with Crippen molar-refractivity contribution in [1.29, 1.82) is 0 Å². The maximum Gasteiger partial charge on any atom is 0.305 e. The number of esters is 1. The zero-order chi connectivity index (χ0) is 32.0. The Morgan fingerprint density at radius 1 is 0.773 bits per heavy atom. The van der Waals surface area contributed by atoms with Crippen LogP contribution < -0.4 is 0 Å². The Morgan fingerprint density at radius 3 is 2.14 bits per heavy atom. The Kier molecular flexibility index (Phi) is 10.2. The van der Waals surface area contributed by atoms with Gasteiger partial charge in [0, 0.05) is 11.8 Å². The second kappa shape index (κ2) is 13.0. The lowest BCUT2D eigenvalue weighted by atomic mass is 9.32. The van der Waals surface area contributed by atoms with Gasteiger partial charge in [0.1, 0.15) is 0 Å². The van der Waals surface area contributed by atoms with Crippen molar-refractivity contribution in [2.24, 2.45) is 56.7 Å². The predicted octanol–water partition coefficient (Wildman–Crippen LogP) is 11.1. The van der Waals surface area contributed by atoms with Gasteiger partial charge >= 0.3 is 5.97 Å². The Morgan fingerprint density at radius 2 is 1.45 bits per heavy atom. The van der Waals surface area contributed by atoms with E-state index in [1.54, 1.807) is 0 Å². The minimum Gasteiger partial charge on any atom is -0.465 e. The summed E-state index contributed by atoms with van der Waals surface area (Å²) in [5.74, 6) is 3.19. The van der Waals surface area contributed by atoms with E-state index in [0.29, 0.717) is 52.9 Å². The predicted molar refractivity (Wildman–Crippen MR) is 183 cm³/mol. The number of fused-ring (bicyclic) bond motifs is 7. The van der Waals surface area contributed by atoms with Crippen LogP contribution in [0.15, 0.2) is 12.2 Å². The van der Waals surface area contributed by atoms with Crippen LogP contribution in [-0.4, -0.2) is 23.8 Å². The Hall–Kier alpha value is -0.830. The number of allylic oxidation sites excluding steroid dienone is 1. The van der Waals surface area contributed by atoms with Crippen molar-refractivity contribution in [3.05, 3.63) is 12.2 Å². The van der Waals surface area contributed by atoms with E-state index in [1.165, 1.54) is 102 Å². The number of carbonyl (C=O) groups is 1. The van der Waals surface area contributed by atoms with Crippen LogP contribution in [0.2, 0.25) is 0 Å². The molecule has 3 nitrogen and oxygen atoms in total. The van der Waals surface area contributed by atoms with Gasteiger partial charge in [-0.1, -0.05) is 98.6 Å². The van der Waals surface area contributed by atoms with Crippen LogP contribution in [0, 0.1) is 56.7 Å². The fraction of sp³-hybridized carbons (Fsp3) is 0.927. The molecule has 1 N–H and O–H groups in total. The topological polar surface area (TPSA) is 46.5 Å². The van der Waals surface area contributed by atoms with Crippen molar-refractivity contribution in [1.82, 2.24) is 0 Å². The summed E-state index contributed by atoms with van der Waals surface area (Å²) < 4.78 is 6.25. The van der Waals surface area contributed by atoms with Crippen LogP contribution in [0.3, 0.4) is 0 Å². The Balaban J connectivity index is 1.28. The molecule has 0 aromatic carbocycles. The summed E-state index contributed by atoms with van der Waals surface area (Å²) in [7, 11) is 0. The van der Waals surface area contributed by atoms with Gasteiger partial charge in [-0.3, -0.25) is 4.79 Å². The smallest absolute Gasteiger partial charge is 0.305 e. The molecule has 10 atom stereocenters. The molecule has 252 valence electrons. The third-order valence-corrected chi connectivity index (χ3v) is 16.0. The second-order valence-corrected chi connectivity index (χ2v) is 18.3. The van der Waals surface area contributed by atoms with Crippen LogP contribution >= 0.6 is 0 Å². The molecule has 44 heavy (non-hydrogen) atoms. The molecule has 0 aliphatic heterocycles. The molecule has 0 saturated heterocycles. The summed E-state index contributed by atoms with van der Waals surface area (Å²) in [5, 5.41) is 11.1. The van der Waals surface area contributed by atoms with E-state index in [1.807, 2.05) is 0 Å². The number of rotatable bonds is 12. The van der Waals surface area contributed by atoms with Gasteiger partial charge in [0.25, 0.3) is 0 Å². The molecule has 5 rings (SSSR count). The van der Waals surface area contributed by atoms with Crippen molar-refractivity contribution in [2.45, 2.75) is 177 Å². The summed E-state index contributed by atoms with van der Waals surface area (Å²) in [5.41, 5.74) is 2.43. The average molecular weight is 611 g/mol. The van der Waals surface area contributed by atoms with E-state index in [2.05, 4.69) is 55.0 Å². The molecule has 0 amide bonds. The molecular formula is C41H70O3. The van der Waals surface area contributed by atoms with Crippen LogP contribution in [0.4, 0.5) is 0 Å². The molecule has 5 aliphatic rings. The summed E-state index contributed by atoms with van der Waals surface area (Å²) in [6.07, 6.45) is 22.7. The highest BCUT2D eigenvalue weighted by atomic mass is 16.5. The third-order valence-electron chi connectivity index (χ3n) is 16.0. The summed E-state index contributed by atoms with van der Waals surface area (Å²) >= 11 is 0. The summed E-state index contributed by atoms with van der Waals surface area (Å²) in [6, 6.07) is 0. The van der Waals surface area contributed by atoms with Crippen LogP contribution in [0.5, 0.6) is 0 Å². The molecule has 0 radical (unpaired) electrons. The van der Waals surface area contributed by atoms with Crippen molar-refractivity contribution >= 4 is 5.97 Å². The van der Waals surface area contributed by atoms with E-state index in [0.717, 1.165) is 25.2 Å². The fourth-order valence-electron chi connectivity index (χ4n) is 13.2. The number of hydrogen-bond donors (Lipinski definition) is 1. The summed E-state index contributed by atoms with van der Waals surface area (Å²) in [6.45, 7) is 22.5. The maximum atomic E-state index is 13.0. The monoisotopic (exact) mass is 611 g/mol. The third kappa shape index (κ3) is 5.68. The van der Waals surface area contributed by atoms with Gasteiger partial charge in [-0.2, -0.15) is 0 Å². The highest BCUT2D eigenvalue weighted by Crippen LogP contribution is 2.77. The fourth-order valence-corrected chi connectivity index (χ4v) is 13.2. The van der Waals surface area contributed by atoms with Gasteiger partial charge in [-0.25, -0.2) is 0 Å². The molecule has 0 aromatic heterocycles. The molecule has 0 spiro atoms. The van der Waals surface area contributed by atoms with Gasteiger partial charge in [0.2, 0.25) is 0 Å². The van der Waals surface area contributed by atoms with Crippen LogP contribution in [-0.2, 0) is 9.53 Å². The second-order valence-electron chi connectivity index (χ2n) is 18.3. The van der Waals surface area contributed by atoms with Gasteiger partial charge in [-0.15, -0.1) is 0 Å². The summed E-state index contributed by atoms with van der Waals surface area (Å²) in [4.78, 5) is 13.0. The zero-order valence-corrected chi connectivity index (χ0v) is 30.1. The van der Waals surface area contributed by atoms with Crippen LogP contribution in [0.1, 0.15) is 170 Å². The highest BCUT2D eigenvalue weighted by Gasteiger charge is 2.71. The Labute approximate surface area is 272 Å². The minimum absolute atomic E-state index is 0.00279. The first-order valence-corrected chi connectivity index (χ1v) is 19.3. The maximum absolute atomic E-state index is 13.0. The largest absolute Gasteiger partial charge is 0.465 e. The van der Waals surface area contributed by atoms with E-state index in [9.17, 15) is 9.90 Å². The number of aliphatic hydroxyl groups is 1. The zero-order valence-electron chi connectivity index (χ0n) is 30.1. The first-order chi connectivity index (χ1) is 20.8. The lowest BCUT2D eigenvalue weighted by molar-refractivity contribution is -0.250. The highest BCUT2D eigenvalue weighted by molar-refractivity contribution is 5.69. The van der Waals surface area contributed by atoms with Crippen molar-refractivity contribution < 1.29 is 14.6 Å². The quantitative estimate of drug-likeness (QED) is 0.136. The molecule has 0 aromatic rings. The Bertz CT molecular complexity index is 1030. The normalized spacial score (nSPS) is 44.2. The van der Waals surface area contributed by atoms with Gasteiger partial charge in [0.15, 0.2) is 0 Å². The molecule has 0 bridgehead atoms. The molecule has 5 fully saturated rings. The van der Waals surface area contributed by atoms with Crippen LogP contribution in [0.25, 0.3) is 0 Å². The molecule has 0 unspecified atom stereocenters. The molecule has 3 heteroatoms. The number of carbonyl (C=O) groups excluding carboxylic acids is 1. The molecule has 5 saturated carbocycles. The number of unbranched alkanes of at least 4 members (excludes halogenated alkanes) is 7. The van der Waals surface area contributed by atoms with E-state index >= 15 is 0 Å². The first-order valence-electron chi connectivity index (χ1n) is 19.3. The van der Waals surface area contributed by atoms with E-state index < -0.39 is 0 Å². The molecular weight excluding hydrogens is 540 g/mol. The number of ether oxygens (including phenoxy) is 1. The van der Waals surface area contributed by atoms with Gasteiger partial charge < -0.3 is 9.84 Å². The first kappa shape index (κ1) is 34.5. The van der Waals surface area contributed by atoms with Crippen molar-refractivity contribution in [3.8, 4) is 0 Å². The number of hydrogen-bond acceptors (Lipinski definition) is 3. The minimum atomic E-state index is -0.166. The van der Waals surface area contributed by atoms with Crippen molar-refractivity contribution in [2.75, 3.05) is 6.61 Å². The van der Waals surface area contributed by atoms with E-state index in [-0.39, 0.29) is 22.9 Å². The van der Waals surface area contributed by atoms with Gasteiger partial charge in [0.05, 0.1) is 12.7 Å². The number of aliphatic hydroxyl groups excluding tert-OH is 1. The van der Waals surface area contributed by atoms with Gasteiger partial charge in [-0.05, 0) is 129 Å². The molecule has 5 aliphatic carbocycles. The van der Waals surface area contributed by atoms with E-state index in [4.69, 9.17) is 4.74 Å². The lowest BCUT2D eigenvalue weighted by Crippen LogP contribution is -2.66. The standard InChI is InChI=1S/C41H70O3/c1-9-10-11-12-13-14-15-16-17-35(43)44-28-41-25-20-30(29(2)3)36(41)31-18-19-33-38(6)23-22-34(42)37(4,5)32(38)21-24-40(33,8)39(31,7)26-27-41/h30-34,36,42H,2,9-28H2,1,3-8H3/t30-,31+,32-,33+,34-,36+,38-,39+,40+,41+/m0/s1. The average Bonchev–Trinajstić information content (AvgIpc) is 3.36. The molecule has 0 heterocycles.